The van der Waals surface area contributed by atoms with E-state index >= 15 is 0 Å². The molecular weight excluding hydrogens is 412 g/mol. The second kappa shape index (κ2) is 9.94. The molecule has 1 heterocycles. The van der Waals surface area contributed by atoms with Crippen LogP contribution in [0, 0.1) is 5.92 Å². The number of rotatable bonds is 9. The van der Waals surface area contributed by atoms with Crippen LogP contribution in [0.5, 0.6) is 17.2 Å². The Hall–Kier alpha value is -3.22. The van der Waals surface area contributed by atoms with Crippen LogP contribution in [0.4, 0.5) is 0 Å². The molecule has 2 aliphatic rings. The fourth-order valence-electron chi connectivity index (χ4n) is 4.38. The van der Waals surface area contributed by atoms with Crippen LogP contribution in [0.25, 0.3) is 11.1 Å². The van der Waals surface area contributed by atoms with Crippen LogP contribution < -0.4 is 14.2 Å². The van der Waals surface area contributed by atoms with E-state index in [1.54, 1.807) is 26.4 Å². The number of carbonyl (C=O) groups excluding carboxylic acids is 2. The summed E-state index contributed by atoms with van der Waals surface area (Å²) in [5.74, 6) is 1.43. The normalized spacial score (nSPS) is 15.2. The zero-order valence-electron chi connectivity index (χ0n) is 18.5. The summed E-state index contributed by atoms with van der Waals surface area (Å²) >= 11 is 0. The minimum atomic E-state index is -0.310. The van der Waals surface area contributed by atoms with E-state index in [1.807, 2.05) is 18.2 Å². The van der Waals surface area contributed by atoms with Gasteiger partial charge in [-0.2, -0.15) is 0 Å². The van der Waals surface area contributed by atoms with Gasteiger partial charge in [-0.3, -0.25) is 4.79 Å². The van der Waals surface area contributed by atoms with E-state index in [-0.39, 0.29) is 31.8 Å². The molecule has 0 spiro atoms. The van der Waals surface area contributed by atoms with E-state index in [9.17, 15) is 9.59 Å². The van der Waals surface area contributed by atoms with Crippen LogP contribution in [0.2, 0.25) is 0 Å². The third kappa shape index (κ3) is 4.66. The summed E-state index contributed by atoms with van der Waals surface area (Å²) in [6.45, 7) is 0.583. The van der Waals surface area contributed by atoms with Gasteiger partial charge < -0.3 is 23.7 Å². The number of methoxy groups -OCH3 is 2. The Morgan fingerprint density at radius 1 is 1.00 bits per heavy atom. The van der Waals surface area contributed by atoms with Crippen molar-refractivity contribution in [2.75, 3.05) is 27.4 Å². The predicted molar refractivity (Wildman–Crippen MR) is 117 cm³/mol. The van der Waals surface area contributed by atoms with Crippen molar-refractivity contribution in [1.82, 2.24) is 0 Å². The highest BCUT2D eigenvalue weighted by Gasteiger charge is 2.24. The maximum atomic E-state index is 12.1. The molecule has 0 amide bonds. The Bertz CT molecular complexity index is 992. The van der Waals surface area contributed by atoms with E-state index in [2.05, 4.69) is 0 Å². The zero-order valence-corrected chi connectivity index (χ0v) is 18.5. The first-order chi connectivity index (χ1) is 15.6. The van der Waals surface area contributed by atoms with Crippen molar-refractivity contribution in [1.29, 1.82) is 0 Å². The smallest absolute Gasteiger partial charge is 0.338 e. The second-order valence-electron chi connectivity index (χ2n) is 8.05. The first-order valence-electron chi connectivity index (χ1n) is 10.9. The molecule has 0 N–H and O–H groups in total. The second-order valence-corrected chi connectivity index (χ2v) is 8.05. The molecule has 0 saturated heterocycles. The number of carbonyl (C=O) groups is 2. The van der Waals surface area contributed by atoms with Gasteiger partial charge in [-0.1, -0.05) is 18.9 Å². The molecule has 7 heteroatoms. The van der Waals surface area contributed by atoms with Crippen LogP contribution in [-0.4, -0.2) is 39.4 Å². The molecule has 1 aliphatic heterocycles. The van der Waals surface area contributed by atoms with E-state index < -0.39 is 0 Å². The van der Waals surface area contributed by atoms with Crippen LogP contribution in [0.15, 0.2) is 30.3 Å². The monoisotopic (exact) mass is 440 g/mol. The predicted octanol–water partition coefficient (Wildman–Crippen LogP) is 4.54. The maximum Gasteiger partial charge on any atom is 0.338 e. The summed E-state index contributed by atoms with van der Waals surface area (Å²) < 4.78 is 27.5. The molecule has 0 bridgehead atoms. The molecule has 32 heavy (non-hydrogen) atoms. The van der Waals surface area contributed by atoms with Crippen LogP contribution in [0.3, 0.4) is 0 Å². The van der Waals surface area contributed by atoms with Gasteiger partial charge in [-0.15, -0.1) is 0 Å². The van der Waals surface area contributed by atoms with Crippen molar-refractivity contribution in [3.63, 3.8) is 0 Å². The fraction of sp³-hybridized carbons (Fsp3) is 0.440. The van der Waals surface area contributed by atoms with E-state index in [4.69, 9.17) is 23.7 Å². The summed E-state index contributed by atoms with van der Waals surface area (Å²) in [4.78, 5) is 23.9. The Kier molecular flexibility index (Phi) is 6.83. The molecule has 0 atom stereocenters. The average Bonchev–Trinajstić information content (AvgIpc) is 3.45. The molecule has 170 valence electrons. The minimum Gasteiger partial charge on any atom is -0.493 e. The lowest BCUT2D eigenvalue weighted by atomic mass is 9.99. The van der Waals surface area contributed by atoms with Crippen molar-refractivity contribution in [2.24, 2.45) is 5.92 Å². The van der Waals surface area contributed by atoms with Gasteiger partial charge in [-0.05, 0) is 48.6 Å². The molecule has 1 fully saturated rings. The van der Waals surface area contributed by atoms with Gasteiger partial charge in [-0.25, -0.2) is 4.79 Å². The number of fused-ring (bicyclic) bond motifs is 1. The first-order valence-corrected chi connectivity index (χ1v) is 10.9. The van der Waals surface area contributed by atoms with Gasteiger partial charge in [0.05, 0.1) is 19.8 Å². The maximum absolute atomic E-state index is 12.1. The highest BCUT2D eigenvalue weighted by Crippen LogP contribution is 2.45. The Morgan fingerprint density at radius 2 is 1.78 bits per heavy atom. The quantitative estimate of drug-likeness (QED) is 0.418. The number of hydrogen-bond donors (Lipinski definition) is 0. The molecule has 2 aromatic rings. The zero-order chi connectivity index (χ0) is 22.5. The van der Waals surface area contributed by atoms with E-state index in [0.29, 0.717) is 35.2 Å². The van der Waals surface area contributed by atoms with Gasteiger partial charge in [0.15, 0.2) is 11.5 Å². The molecule has 0 aromatic heterocycles. The molecule has 4 rings (SSSR count). The third-order valence-electron chi connectivity index (χ3n) is 6.02. The Morgan fingerprint density at radius 3 is 2.53 bits per heavy atom. The van der Waals surface area contributed by atoms with Crippen LogP contribution >= 0.6 is 0 Å². The van der Waals surface area contributed by atoms with Crippen molar-refractivity contribution in [3.8, 4) is 28.4 Å². The van der Waals surface area contributed by atoms with Gasteiger partial charge in [0.25, 0.3) is 0 Å². The van der Waals surface area contributed by atoms with Gasteiger partial charge in [0.1, 0.15) is 19.8 Å². The Balaban J connectivity index is 1.49. The summed E-state index contributed by atoms with van der Waals surface area (Å²) in [5, 5.41) is 0. The lowest BCUT2D eigenvalue weighted by Gasteiger charge is -2.18. The number of cyclic esters (lactones) is 1. The highest BCUT2D eigenvalue weighted by atomic mass is 16.6. The third-order valence-corrected chi connectivity index (χ3v) is 6.02. The molecular formula is C25H28O7. The summed E-state index contributed by atoms with van der Waals surface area (Å²) in [6.07, 6.45) is 5.08. The van der Waals surface area contributed by atoms with Crippen molar-refractivity contribution in [3.05, 3.63) is 41.5 Å². The lowest BCUT2D eigenvalue weighted by Crippen LogP contribution is -2.15. The standard InChI is InChI=1S/C25H28O7/c1-28-21-10-9-19(17-7-8-20-18(14-17)15-32-25(20)27)23(24(21)29-2)31-12-11-30-22(26)13-16-5-3-4-6-16/h7-10,14,16H,3-6,11-13,15H2,1-2H3. The summed E-state index contributed by atoms with van der Waals surface area (Å²) in [5.41, 5.74) is 3.04. The van der Waals surface area contributed by atoms with Gasteiger partial charge in [0, 0.05) is 17.5 Å². The number of hydrogen-bond acceptors (Lipinski definition) is 7. The summed E-state index contributed by atoms with van der Waals surface area (Å²) in [6, 6.07) is 9.20. The molecule has 2 aromatic carbocycles. The molecule has 1 aliphatic carbocycles. The average molecular weight is 440 g/mol. The van der Waals surface area contributed by atoms with Crippen molar-refractivity contribution < 1.29 is 33.3 Å². The summed E-state index contributed by atoms with van der Waals surface area (Å²) in [7, 11) is 3.11. The van der Waals surface area contributed by atoms with Crippen molar-refractivity contribution >= 4 is 11.9 Å². The lowest BCUT2D eigenvalue weighted by molar-refractivity contribution is -0.145. The van der Waals surface area contributed by atoms with E-state index in [0.717, 1.165) is 29.5 Å². The Labute approximate surface area is 187 Å². The number of ether oxygens (including phenoxy) is 5. The van der Waals surface area contributed by atoms with Gasteiger partial charge >= 0.3 is 11.9 Å². The van der Waals surface area contributed by atoms with Gasteiger partial charge in [0.2, 0.25) is 5.75 Å². The van der Waals surface area contributed by atoms with Crippen LogP contribution in [0.1, 0.15) is 48.0 Å². The highest BCUT2D eigenvalue weighted by molar-refractivity contribution is 5.94. The number of esters is 2. The van der Waals surface area contributed by atoms with Crippen LogP contribution in [-0.2, 0) is 20.9 Å². The topological polar surface area (TPSA) is 80.3 Å². The van der Waals surface area contributed by atoms with E-state index in [1.165, 1.54) is 12.8 Å². The molecule has 0 unspecified atom stereocenters. The SMILES string of the molecule is COc1ccc(-c2ccc3c(c2)COC3=O)c(OCCOC(=O)CC2CCCC2)c1OC. The molecule has 1 saturated carbocycles. The molecule has 7 nitrogen and oxygen atoms in total. The first kappa shape index (κ1) is 22.0. The molecule has 0 radical (unpaired) electrons. The van der Waals surface area contributed by atoms with Crippen molar-refractivity contribution in [2.45, 2.75) is 38.7 Å². The minimum absolute atomic E-state index is 0.151. The largest absolute Gasteiger partial charge is 0.493 e. The number of benzene rings is 2. The fourth-order valence-corrected chi connectivity index (χ4v) is 4.38.